The Labute approximate surface area is 98.6 Å². The zero-order valence-corrected chi connectivity index (χ0v) is 9.84. The lowest BCUT2D eigenvalue weighted by molar-refractivity contribution is 0.0850. The molecule has 1 aliphatic carbocycles. The van der Waals surface area contributed by atoms with Crippen molar-refractivity contribution in [3.63, 3.8) is 0 Å². The fourth-order valence-corrected chi connectivity index (χ4v) is 1.63. The zero-order valence-electron chi connectivity index (χ0n) is 9.84. The highest BCUT2D eigenvalue weighted by Gasteiger charge is 2.57. The van der Waals surface area contributed by atoms with Gasteiger partial charge in [-0.15, -0.1) is 0 Å². The monoisotopic (exact) mass is 244 g/mol. The maximum Gasteiger partial charge on any atom is 0.255 e. The second-order valence-electron chi connectivity index (χ2n) is 4.82. The van der Waals surface area contributed by atoms with Gasteiger partial charge in [-0.2, -0.15) is 0 Å². The van der Waals surface area contributed by atoms with E-state index in [0.717, 1.165) is 5.56 Å². The van der Waals surface area contributed by atoms with Gasteiger partial charge < -0.3 is 4.74 Å². The number of hydrogen-bond acceptors (Lipinski definition) is 1. The molecule has 1 saturated carbocycles. The van der Waals surface area contributed by atoms with Crippen molar-refractivity contribution in [1.82, 2.24) is 0 Å². The van der Waals surface area contributed by atoms with Crippen molar-refractivity contribution in [3.05, 3.63) is 29.6 Å². The molecular formula is C13H15F3O. The smallest absolute Gasteiger partial charge is 0.255 e. The van der Waals surface area contributed by atoms with E-state index in [1.54, 1.807) is 12.1 Å². The number of hydrogen-bond donors (Lipinski definition) is 0. The average molecular weight is 244 g/mol. The van der Waals surface area contributed by atoms with Gasteiger partial charge >= 0.3 is 0 Å². The topological polar surface area (TPSA) is 9.23 Å². The van der Waals surface area contributed by atoms with Crippen molar-refractivity contribution < 1.29 is 17.9 Å². The highest BCUT2D eigenvalue weighted by molar-refractivity contribution is 5.32. The molecule has 4 heteroatoms. The second-order valence-corrected chi connectivity index (χ2v) is 4.82. The first-order valence-electron chi connectivity index (χ1n) is 5.70. The summed E-state index contributed by atoms with van der Waals surface area (Å²) in [5, 5.41) is 0. The van der Waals surface area contributed by atoms with Gasteiger partial charge in [0.05, 0.1) is 12.5 Å². The van der Waals surface area contributed by atoms with Gasteiger partial charge in [-0.1, -0.05) is 19.9 Å². The van der Waals surface area contributed by atoms with Crippen LogP contribution in [0.1, 0.15) is 31.7 Å². The summed E-state index contributed by atoms with van der Waals surface area (Å²) in [6, 6.07) is 4.58. The van der Waals surface area contributed by atoms with Crippen LogP contribution in [0, 0.1) is 11.7 Å². The van der Waals surface area contributed by atoms with Gasteiger partial charge in [0.2, 0.25) is 0 Å². The van der Waals surface area contributed by atoms with E-state index in [1.807, 2.05) is 13.8 Å². The largest absolute Gasteiger partial charge is 0.490 e. The third-order valence-corrected chi connectivity index (χ3v) is 3.02. The van der Waals surface area contributed by atoms with Crippen molar-refractivity contribution in [3.8, 4) is 5.75 Å². The van der Waals surface area contributed by atoms with Gasteiger partial charge in [-0.05, 0) is 23.6 Å². The average Bonchev–Trinajstić information content (AvgIpc) is 2.85. The molecule has 0 aromatic heterocycles. The minimum atomic E-state index is -2.62. The van der Waals surface area contributed by atoms with Gasteiger partial charge in [-0.3, -0.25) is 0 Å². The van der Waals surface area contributed by atoms with Crippen molar-refractivity contribution in [2.24, 2.45) is 5.92 Å². The summed E-state index contributed by atoms with van der Waals surface area (Å²) in [7, 11) is 0. The van der Waals surface area contributed by atoms with Crippen molar-refractivity contribution in [2.45, 2.75) is 32.1 Å². The molecule has 1 unspecified atom stereocenters. The number of ether oxygens (including phenoxy) is 1. The predicted molar refractivity (Wildman–Crippen MR) is 59.0 cm³/mol. The summed E-state index contributed by atoms with van der Waals surface area (Å²) in [6.07, 6.45) is -0.154. The summed E-state index contributed by atoms with van der Waals surface area (Å²) in [6.45, 7) is 3.84. The van der Waals surface area contributed by atoms with Crippen molar-refractivity contribution >= 4 is 0 Å². The van der Waals surface area contributed by atoms with Gasteiger partial charge in [0.15, 0.2) is 11.6 Å². The van der Waals surface area contributed by atoms with E-state index in [2.05, 4.69) is 0 Å². The first-order valence-corrected chi connectivity index (χ1v) is 5.70. The third-order valence-electron chi connectivity index (χ3n) is 3.02. The van der Waals surface area contributed by atoms with E-state index < -0.39 is 17.7 Å². The Morgan fingerprint density at radius 2 is 2.06 bits per heavy atom. The fourth-order valence-electron chi connectivity index (χ4n) is 1.63. The molecule has 1 aliphatic rings. The van der Waals surface area contributed by atoms with Crippen LogP contribution in [0.15, 0.2) is 18.2 Å². The van der Waals surface area contributed by atoms with Crippen LogP contribution in [0.2, 0.25) is 0 Å². The SMILES string of the molecule is CC(C)c1ccc(F)c(OCC2CC2(F)F)c1. The normalized spacial score (nSPS) is 21.6. The molecule has 17 heavy (non-hydrogen) atoms. The number of rotatable bonds is 4. The highest BCUT2D eigenvalue weighted by atomic mass is 19.3. The standard InChI is InChI=1S/C13H15F3O/c1-8(2)9-3-4-11(14)12(5-9)17-7-10-6-13(10,15)16/h3-5,8,10H,6-7H2,1-2H3. The Bertz CT molecular complexity index is 415. The summed E-state index contributed by atoms with van der Waals surface area (Å²) < 4.78 is 43.8. The maximum absolute atomic E-state index is 13.4. The molecule has 1 fully saturated rings. The van der Waals surface area contributed by atoms with Gasteiger partial charge in [0.25, 0.3) is 5.92 Å². The molecule has 0 amide bonds. The molecular weight excluding hydrogens is 229 g/mol. The van der Waals surface area contributed by atoms with Crippen LogP contribution in [-0.4, -0.2) is 12.5 Å². The first-order chi connectivity index (χ1) is 7.90. The third kappa shape index (κ3) is 2.73. The van der Waals surface area contributed by atoms with Crippen LogP contribution in [-0.2, 0) is 0 Å². The number of halogens is 3. The van der Waals surface area contributed by atoms with E-state index in [1.165, 1.54) is 6.07 Å². The van der Waals surface area contributed by atoms with Crippen LogP contribution in [0.3, 0.4) is 0 Å². The molecule has 0 radical (unpaired) electrons. The van der Waals surface area contributed by atoms with E-state index in [9.17, 15) is 13.2 Å². The molecule has 0 N–H and O–H groups in total. The highest BCUT2D eigenvalue weighted by Crippen LogP contribution is 2.48. The van der Waals surface area contributed by atoms with Crippen LogP contribution < -0.4 is 4.74 Å². The lowest BCUT2D eigenvalue weighted by Gasteiger charge is -2.10. The minimum absolute atomic E-state index is 0.0684. The molecule has 1 nitrogen and oxygen atoms in total. The van der Waals surface area contributed by atoms with Gasteiger partial charge in [0.1, 0.15) is 0 Å². The number of benzene rings is 1. The molecule has 1 aromatic carbocycles. The Hall–Kier alpha value is -1.19. The molecule has 0 bridgehead atoms. The molecule has 0 heterocycles. The molecule has 0 spiro atoms. The quantitative estimate of drug-likeness (QED) is 0.778. The minimum Gasteiger partial charge on any atom is -0.490 e. The Morgan fingerprint density at radius 1 is 1.41 bits per heavy atom. The number of alkyl halides is 2. The molecule has 94 valence electrons. The van der Waals surface area contributed by atoms with Crippen LogP contribution in [0.4, 0.5) is 13.2 Å². The summed E-state index contributed by atoms with van der Waals surface area (Å²) in [5.74, 6) is -3.56. The summed E-state index contributed by atoms with van der Waals surface area (Å²) in [4.78, 5) is 0. The van der Waals surface area contributed by atoms with E-state index >= 15 is 0 Å². The lowest BCUT2D eigenvalue weighted by Crippen LogP contribution is -2.07. The van der Waals surface area contributed by atoms with Gasteiger partial charge in [-0.25, -0.2) is 13.2 Å². The summed E-state index contributed by atoms with van der Waals surface area (Å²) in [5.41, 5.74) is 0.934. The maximum atomic E-state index is 13.4. The molecule has 1 atom stereocenters. The molecule has 1 aromatic rings. The van der Waals surface area contributed by atoms with E-state index in [0.29, 0.717) is 0 Å². The van der Waals surface area contributed by atoms with Crippen LogP contribution in [0.5, 0.6) is 5.75 Å². The van der Waals surface area contributed by atoms with Gasteiger partial charge in [0, 0.05) is 6.42 Å². The zero-order chi connectivity index (χ0) is 12.6. The molecule has 0 aliphatic heterocycles. The van der Waals surface area contributed by atoms with Crippen LogP contribution >= 0.6 is 0 Å². The van der Waals surface area contributed by atoms with Crippen molar-refractivity contribution in [2.75, 3.05) is 6.61 Å². The predicted octanol–water partition coefficient (Wildman–Crippen LogP) is 3.98. The Morgan fingerprint density at radius 3 is 2.59 bits per heavy atom. The van der Waals surface area contributed by atoms with Crippen molar-refractivity contribution in [1.29, 1.82) is 0 Å². The fraction of sp³-hybridized carbons (Fsp3) is 0.538. The van der Waals surface area contributed by atoms with E-state index in [-0.39, 0.29) is 24.7 Å². The first kappa shape index (κ1) is 12.3. The second kappa shape index (κ2) is 4.24. The van der Waals surface area contributed by atoms with E-state index in [4.69, 9.17) is 4.74 Å². The molecule has 0 saturated heterocycles. The summed E-state index contributed by atoms with van der Waals surface area (Å²) >= 11 is 0. The Balaban J connectivity index is 2.02. The Kier molecular flexibility index (Phi) is 3.06. The lowest BCUT2D eigenvalue weighted by atomic mass is 10.0. The van der Waals surface area contributed by atoms with Crippen LogP contribution in [0.25, 0.3) is 0 Å². The molecule has 2 rings (SSSR count).